The van der Waals surface area contributed by atoms with Gasteiger partial charge in [0.15, 0.2) is 5.78 Å². The molecule has 0 aliphatic rings. The SMILES string of the molecule is O=C(O)C(=Cc1cnc2ccccc2c1)NC(=O)c1ccc(C(=O)CCc2cccc(O)c2)cc1Cl. The minimum atomic E-state index is -1.33. The molecule has 0 fully saturated rings. The highest BCUT2D eigenvalue weighted by Crippen LogP contribution is 2.21. The number of phenols is 1. The molecule has 36 heavy (non-hydrogen) atoms. The quantitative estimate of drug-likeness (QED) is 0.224. The van der Waals surface area contributed by atoms with Crippen molar-refractivity contribution in [2.24, 2.45) is 0 Å². The average molecular weight is 501 g/mol. The standard InChI is InChI=1S/C28H21ClN2O5/c29-23-15-20(26(33)11-8-17-4-3-6-21(32)13-17)9-10-22(23)27(34)31-25(28(35)36)14-18-12-19-5-1-2-7-24(19)30-16-18/h1-7,9-10,12-16,32H,8,11H2,(H,31,34)(H,35,36). The third kappa shape index (κ3) is 5.95. The van der Waals surface area contributed by atoms with E-state index in [1.807, 2.05) is 30.3 Å². The summed E-state index contributed by atoms with van der Waals surface area (Å²) < 4.78 is 0. The summed E-state index contributed by atoms with van der Waals surface area (Å²) in [6.45, 7) is 0. The van der Waals surface area contributed by atoms with E-state index in [9.17, 15) is 24.6 Å². The summed E-state index contributed by atoms with van der Waals surface area (Å²) >= 11 is 6.27. The van der Waals surface area contributed by atoms with E-state index in [-0.39, 0.29) is 34.2 Å². The van der Waals surface area contributed by atoms with E-state index in [2.05, 4.69) is 10.3 Å². The van der Waals surface area contributed by atoms with Crippen LogP contribution in [0.1, 0.15) is 38.3 Å². The van der Waals surface area contributed by atoms with Gasteiger partial charge in [-0.15, -0.1) is 0 Å². The number of aromatic nitrogens is 1. The zero-order valence-electron chi connectivity index (χ0n) is 18.9. The van der Waals surface area contributed by atoms with Gasteiger partial charge in [0.25, 0.3) is 5.91 Å². The van der Waals surface area contributed by atoms with Crippen LogP contribution in [0.2, 0.25) is 5.02 Å². The Morgan fingerprint density at radius 3 is 2.53 bits per heavy atom. The maximum Gasteiger partial charge on any atom is 0.352 e. The Balaban J connectivity index is 1.48. The molecule has 3 N–H and O–H groups in total. The molecular formula is C28H21ClN2O5. The number of hydrogen-bond donors (Lipinski definition) is 3. The fourth-order valence-corrected chi connectivity index (χ4v) is 3.93. The lowest BCUT2D eigenvalue weighted by molar-refractivity contribution is -0.132. The Labute approximate surface area is 211 Å². The number of halogens is 1. The van der Waals surface area contributed by atoms with Crippen LogP contribution in [-0.2, 0) is 11.2 Å². The summed E-state index contributed by atoms with van der Waals surface area (Å²) in [6.07, 6.45) is 3.45. The van der Waals surface area contributed by atoms with Crippen LogP contribution < -0.4 is 5.32 Å². The first-order chi connectivity index (χ1) is 17.3. The number of carbonyl (C=O) groups is 3. The number of nitrogens with one attached hydrogen (secondary N) is 1. The molecule has 0 aliphatic heterocycles. The highest BCUT2D eigenvalue weighted by atomic mass is 35.5. The van der Waals surface area contributed by atoms with Gasteiger partial charge in [0.2, 0.25) is 0 Å². The lowest BCUT2D eigenvalue weighted by Crippen LogP contribution is -2.27. The molecule has 0 saturated carbocycles. The Morgan fingerprint density at radius 2 is 1.78 bits per heavy atom. The normalized spacial score (nSPS) is 11.3. The molecule has 0 saturated heterocycles. The van der Waals surface area contributed by atoms with Crippen molar-refractivity contribution in [1.29, 1.82) is 0 Å². The van der Waals surface area contributed by atoms with Gasteiger partial charge in [-0.2, -0.15) is 0 Å². The first-order valence-corrected chi connectivity index (χ1v) is 11.4. The number of hydrogen-bond acceptors (Lipinski definition) is 5. The number of amides is 1. The van der Waals surface area contributed by atoms with E-state index in [0.29, 0.717) is 17.5 Å². The maximum absolute atomic E-state index is 12.8. The number of benzene rings is 3. The Bertz CT molecular complexity index is 1510. The van der Waals surface area contributed by atoms with Gasteiger partial charge in [-0.1, -0.05) is 48.0 Å². The predicted octanol–water partition coefficient (Wildman–Crippen LogP) is 5.26. The number of ketones is 1. The van der Waals surface area contributed by atoms with E-state index in [0.717, 1.165) is 16.5 Å². The molecule has 0 bridgehead atoms. The third-order valence-electron chi connectivity index (χ3n) is 5.49. The van der Waals surface area contributed by atoms with Crippen molar-refractivity contribution in [3.8, 4) is 5.75 Å². The van der Waals surface area contributed by atoms with Gasteiger partial charge in [0.05, 0.1) is 16.1 Å². The lowest BCUT2D eigenvalue weighted by Gasteiger charge is -2.09. The molecule has 7 nitrogen and oxygen atoms in total. The molecule has 4 rings (SSSR count). The molecule has 3 aromatic carbocycles. The highest BCUT2D eigenvalue weighted by Gasteiger charge is 2.18. The zero-order valence-corrected chi connectivity index (χ0v) is 19.7. The largest absolute Gasteiger partial charge is 0.508 e. The number of carbonyl (C=O) groups excluding carboxylic acids is 2. The van der Waals surface area contributed by atoms with Crippen LogP contribution in [0.5, 0.6) is 5.75 Å². The van der Waals surface area contributed by atoms with Crippen LogP contribution in [0.4, 0.5) is 0 Å². The van der Waals surface area contributed by atoms with Crippen LogP contribution in [0.3, 0.4) is 0 Å². The van der Waals surface area contributed by atoms with Gasteiger partial charge in [-0.05, 0) is 60.0 Å². The summed E-state index contributed by atoms with van der Waals surface area (Å²) in [7, 11) is 0. The molecule has 0 unspecified atom stereocenters. The summed E-state index contributed by atoms with van der Waals surface area (Å²) in [6, 6.07) is 20.1. The number of carboxylic acid groups (broad SMARTS) is 1. The molecule has 0 radical (unpaired) electrons. The first kappa shape index (κ1) is 24.6. The molecule has 0 aliphatic carbocycles. The number of Topliss-reactive ketones (excluding diaryl/α,β-unsaturated/α-hetero) is 1. The van der Waals surface area contributed by atoms with Gasteiger partial charge in [-0.25, -0.2) is 4.79 Å². The number of pyridine rings is 1. The van der Waals surface area contributed by atoms with Crippen molar-refractivity contribution in [3.63, 3.8) is 0 Å². The second-order valence-electron chi connectivity index (χ2n) is 8.07. The van der Waals surface area contributed by atoms with E-state index in [1.165, 1.54) is 30.5 Å². The average Bonchev–Trinajstić information content (AvgIpc) is 2.86. The second-order valence-corrected chi connectivity index (χ2v) is 8.47. The first-order valence-electron chi connectivity index (χ1n) is 11.0. The van der Waals surface area contributed by atoms with Crippen molar-refractivity contribution in [1.82, 2.24) is 10.3 Å². The number of carboxylic acids is 1. The fourth-order valence-electron chi connectivity index (χ4n) is 3.66. The van der Waals surface area contributed by atoms with E-state index in [4.69, 9.17) is 11.6 Å². The monoisotopic (exact) mass is 500 g/mol. The minimum absolute atomic E-state index is 0.0211. The molecular weight excluding hydrogens is 480 g/mol. The lowest BCUT2D eigenvalue weighted by atomic mass is 10.0. The van der Waals surface area contributed by atoms with Crippen molar-refractivity contribution in [3.05, 3.63) is 112 Å². The van der Waals surface area contributed by atoms with Gasteiger partial charge in [0.1, 0.15) is 11.4 Å². The second kappa shape index (κ2) is 10.8. The van der Waals surface area contributed by atoms with E-state index in [1.54, 1.807) is 24.3 Å². The molecule has 4 aromatic rings. The molecule has 8 heteroatoms. The van der Waals surface area contributed by atoms with Crippen LogP contribution in [-0.4, -0.2) is 32.9 Å². The molecule has 180 valence electrons. The van der Waals surface area contributed by atoms with Crippen LogP contribution in [0, 0.1) is 0 Å². The Kier molecular flexibility index (Phi) is 7.42. The smallest absolute Gasteiger partial charge is 0.352 e. The summed E-state index contributed by atoms with van der Waals surface area (Å²) in [5, 5.41) is 22.4. The number of phenolic OH excluding ortho intramolecular Hbond substituents is 1. The number of aromatic hydroxyl groups is 1. The highest BCUT2D eigenvalue weighted by molar-refractivity contribution is 6.34. The Hall–Kier alpha value is -4.49. The van der Waals surface area contributed by atoms with Crippen LogP contribution in [0.25, 0.3) is 17.0 Å². The Morgan fingerprint density at radius 1 is 0.972 bits per heavy atom. The number of aliphatic carboxylic acids is 1. The number of fused-ring (bicyclic) bond motifs is 1. The van der Waals surface area contributed by atoms with Gasteiger partial charge in [0, 0.05) is 23.6 Å². The van der Waals surface area contributed by atoms with Crippen LogP contribution >= 0.6 is 11.6 Å². The molecule has 1 aromatic heterocycles. The van der Waals surface area contributed by atoms with Crippen molar-refractivity contribution in [2.45, 2.75) is 12.8 Å². The number of rotatable bonds is 8. The van der Waals surface area contributed by atoms with Crippen molar-refractivity contribution < 1.29 is 24.6 Å². The van der Waals surface area contributed by atoms with E-state index < -0.39 is 11.9 Å². The zero-order chi connectivity index (χ0) is 25.7. The fraction of sp³-hybridized carbons (Fsp3) is 0.0714. The van der Waals surface area contributed by atoms with Gasteiger partial charge >= 0.3 is 5.97 Å². The summed E-state index contributed by atoms with van der Waals surface area (Å²) in [4.78, 5) is 41.4. The summed E-state index contributed by atoms with van der Waals surface area (Å²) in [5.74, 6) is -2.10. The minimum Gasteiger partial charge on any atom is -0.508 e. The molecule has 0 spiro atoms. The van der Waals surface area contributed by atoms with E-state index >= 15 is 0 Å². The molecule has 0 atom stereocenters. The summed E-state index contributed by atoms with van der Waals surface area (Å²) in [5.41, 5.74) is 2.10. The van der Waals surface area contributed by atoms with Crippen molar-refractivity contribution in [2.75, 3.05) is 0 Å². The topological polar surface area (TPSA) is 117 Å². The number of nitrogens with zero attached hydrogens (tertiary/aromatic N) is 1. The maximum atomic E-state index is 12.8. The number of para-hydroxylation sites is 1. The third-order valence-corrected chi connectivity index (χ3v) is 5.80. The van der Waals surface area contributed by atoms with Crippen molar-refractivity contribution >= 4 is 46.2 Å². The molecule has 1 heterocycles. The van der Waals surface area contributed by atoms with Gasteiger partial charge < -0.3 is 15.5 Å². The predicted molar refractivity (Wildman–Crippen MR) is 137 cm³/mol. The molecule has 1 amide bonds. The van der Waals surface area contributed by atoms with Gasteiger partial charge in [-0.3, -0.25) is 14.6 Å². The van der Waals surface area contributed by atoms with Crippen LogP contribution in [0.15, 0.2) is 84.7 Å². The number of aryl methyl sites for hydroxylation is 1.